The second-order valence-electron chi connectivity index (χ2n) is 5.05. The van der Waals surface area contributed by atoms with Crippen LogP contribution in [0.1, 0.15) is 43.9 Å². The second-order valence-corrected chi connectivity index (χ2v) is 5.05. The van der Waals surface area contributed by atoms with Crippen LogP contribution in [0.2, 0.25) is 0 Å². The molecular formula is C17H21N. The lowest BCUT2D eigenvalue weighted by Crippen LogP contribution is -2.06. The number of nitrogens with one attached hydrogen (secondary N) is 1. The van der Waals surface area contributed by atoms with Gasteiger partial charge in [-0.15, -0.1) is 0 Å². The van der Waals surface area contributed by atoms with Gasteiger partial charge in [0.05, 0.1) is 0 Å². The van der Waals surface area contributed by atoms with Crippen LogP contribution < -0.4 is 5.32 Å². The van der Waals surface area contributed by atoms with Crippen molar-refractivity contribution in [2.45, 2.75) is 32.7 Å². The van der Waals surface area contributed by atoms with Gasteiger partial charge in [-0.05, 0) is 36.1 Å². The summed E-state index contributed by atoms with van der Waals surface area (Å²) in [4.78, 5) is 0. The van der Waals surface area contributed by atoms with Crippen molar-refractivity contribution >= 4 is 5.69 Å². The Morgan fingerprint density at radius 2 is 1.33 bits per heavy atom. The Labute approximate surface area is 110 Å². The van der Waals surface area contributed by atoms with Crippen molar-refractivity contribution in [2.24, 2.45) is 0 Å². The smallest absolute Gasteiger partial charge is 0.0485 e. The molecule has 1 unspecified atom stereocenters. The molecule has 0 saturated heterocycles. The largest absolute Gasteiger partial charge is 0.379 e. The van der Waals surface area contributed by atoms with Crippen LogP contribution in [0.25, 0.3) is 0 Å². The van der Waals surface area contributed by atoms with Crippen LogP contribution in [-0.4, -0.2) is 0 Å². The minimum absolute atomic E-state index is 0.330. The molecule has 18 heavy (non-hydrogen) atoms. The van der Waals surface area contributed by atoms with Gasteiger partial charge in [-0.3, -0.25) is 0 Å². The zero-order chi connectivity index (χ0) is 13.0. The molecule has 1 N–H and O–H groups in total. The van der Waals surface area contributed by atoms with E-state index in [0.29, 0.717) is 12.0 Å². The molecule has 1 atom stereocenters. The van der Waals surface area contributed by atoms with Gasteiger partial charge in [0.15, 0.2) is 0 Å². The first-order valence-electron chi connectivity index (χ1n) is 6.58. The second kappa shape index (κ2) is 5.72. The van der Waals surface area contributed by atoms with Crippen molar-refractivity contribution in [3.63, 3.8) is 0 Å². The van der Waals surface area contributed by atoms with Gasteiger partial charge in [-0.25, -0.2) is 0 Å². The van der Waals surface area contributed by atoms with Gasteiger partial charge in [0.2, 0.25) is 0 Å². The first-order chi connectivity index (χ1) is 8.66. The fraction of sp³-hybridized carbons (Fsp3) is 0.294. The normalized spacial score (nSPS) is 12.4. The average molecular weight is 239 g/mol. The first kappa shape index (κ1) is 12.7. The van der Waals surface area contributed by atoms with E-state index in [1.807, 2.05) is 6.07 Å². The molecule has 94 valence electrons. The first-order valence-corrected chi connectivity index (χ1v) is 6.58. The van der Waals surface area contributed by atoms with Crippen molar-refractivity contribution in [1.82, 2.24) is 0 Å². The van der Waals surface area contributed by atoms with E-state index in [2.05, 4.69) is 74.6 Å². The SMILES string of the molecule is CC(C)c1ccc(NC(C)c2ccccc2)cc1. The van der Waals surface area contributed by atoms with Gasteiger partial charge in [-0.1, -0.05) is 56.3 Å². The monoisotopic (exact) mass is 239 g/mol. The predicted molar refractivity (Wildman–Crippen MR) is 79.0 cm³/mol. The van der Waals surface area contributed by atoms with Crippen LogP contribution in [0, 0.1) is 0 Å². The average Bonchev–Trinajstić information content (AvgIpc) is 2.40. The highest BCUT2D eigenvalue weighted by atomic mass is 14.9. The van der Waals surface area contributed by atoms with Crippen molar-refractivity contribution < 1.29 is 0 Å². The Morgan fingerprint density at radius 3 is 1.89 bits per heavy atom. The molecule has 0 amide bonds. The van der Waals surface area contributed by atoms with Gasteiger partial charge >= 0.3 is 0 Å². The molecular weight excluding hydrogens is 218 g/mol. The molecule has 0 bridgehead atoms. The molecule has 0 aliphatic rings. The number of benzene rings is 2. The Morgan fingerprint density at radius 1 is 0.722 bits per heavy atom. The van der Waals surface area contributed by atoms with E-state index < -0.39 is 0 Å². The highest BCUT2D eigenvalue weighted by Crippen LogP contribution is 2.21. The predicted octanol–water partition coefficient (Wildman–Crippen LogP) is 4.98. The summed E-state index contributed by atoms with van der Waals surface area (Å²) in [6.07, 6.45) is 0. The van der Waals surface area contributed by atoms with Crippen molar-refractivity contribution in [2.75, 3.05) is 5.32 Å². The van der Waals surface area contributed by atoms with E-state index >= 15 is 0 Å². The lowest BCUT2D eigenvalue weighted by atomic mass is 10.0. The minimum atomic E-state index is 0.330. The van der Waals surface area contributed by atoms with Gasteiger partial charge < -0.3 is 5.32 Å². The highest BCUT2D eigenvalue weighted by molar-refractivity contribution is 5.47. The molecule has 0 aromatic heterocycles. The molecule has 1 nitrogen and oxygen atoms in total. The third-order valence-corrected chi connectivity index (χ3v) is 3.26. The molecule has 0 fully saturated rings. The van der Waals surface area contributed by atoms with E-state index in [1.165, 1.54) is 16.8 Å². The molecule has 0 spiro atoms. The molecule has 0 saturated carbocycles. The molecule has 0 radical (unpaired) electrons. The summed E-state index contributed by atoms with van der Waals surface area (Å²) in [5, 5.41) is 3.52. The fourth-order valence-corrected chi connectivity index (χ4v) is 2.04. The Hall–Kier alpha value is -1.76. The summed E-state index contributed by atoms with van der Waals surface area (Å²) >= 11 is 0. The van der Waals surface area contributed by atoms with E-state index in [0.717, 1.165) is 0 Å². The summed E-state index contributed by atoms with van der Waals surface area (Å²) in [7, 11) is 0. The van der Waals surface area contributed by atoms with E-state index in [1.54, 1.807) is 0 Å². The third kappa shape index (κ3) is 3.13. The topological polar surface area (TPSA) is 12.0 Å². The highest BCUT2D eigenvalue weighted by Gasteiger charge is 2.04. The molecule has 2 rings (SSSR count). The summed E-state index contributed by atoms with van der Waals surface area (Å²) in [5.41, 5.74) is 3.87. The van der Waals surface area contributed by atoms with Gasteiger partial charge in [0.25, 0.3) is 0 Å². The third-order valence-electron chi connectivity index (χ3n) is 3.26. The van der Waals surface area contributed by atoms with Crippen molar-refractivity contribution in [3.05, 3.63) is 65.7 Å². The van der Waals surface area contributed by atoms with E-state index in [4.69, 9.17) is 0 Å². The summed E-state index contributed by atoms with van der Waals surface area (Å²) in [6.45, 7) is 6.62. The number of hydrogen-bond acceptors (Lipinski definition) is 1. The standard InChI is InChI=1S/C17H21N/c1-13(2)15-9-11-17(12-10-15)18-14(3)16-7-5-4-6-8-16/h4-14,18H,1-3H3. The van der Waals surface area contributed by atoms with Crippen LogP contribution >= 0.6 is 0 Å². The quantitative estimate of drug-likeness (QED) is 0.793. The van der Waals surface area contributed by atoms with Gasteiger partial charge in [0, 0.05) is 11.7 Å². The lowest BCUT2D eigenvalue weighted by Gasteiger charge is -2.16. The molecule has 0 heterocycles. The molecule has 0 aliphatic heterocycles. The lowest BCUT2D eigenvalue weighted by molar-refractivity contribution is 0.862. The minimum Gasteiger partial charge on any atom is -0.379 e. The van der Waals surface area contributed by atoms with Crippen molar-refractivity contribution in [3.8, 4) is 0 Å². The zero-order valence-electron chi connectivity index (χ0n) is 11.4. The summed E-state index contributed by atoms with van der Waals surface area (Å²) in [6, 6.07) is 19.6. The Balaban J connectivity index is 2.05. The van der Waals surface area contributed by atoms with Crippen LogP contribution in [0.3, 0.4) is 0 Å². The number of rotatable bonds is 4. The van der Waals surface area contributed by atoms with Gasteiger partial charge in [-0.2, -0.15) is 0 Å². The summed E-state index contributed by atoms with van der Waals surface area (Å²) in [5.74, 6) is 0.589. The van der Waals surface area contributed by atoms with E-state index in [9.17, 15) is 0 Å². The van der Waals surface area contributed by atoms with Gasteiger partial charge in [0.1, 0.15) is 0 Å². The maximum Gasteiger partial charge on any atom is 0.0485 e. The van der Waals surface area contributed by atoms with Crippen molar-refractivity contribution in [1.29, 1.82) is 0 Å². The van der Waals surface area contributed by atoms with E-state index in [-0.39, 0.29) is 0 Å². The molecule has 2 aromatic rings. The number of anilines is 1. The zero-order valence-corrected chi connectivity index (χ0v) is 11.4. The number of hydrogen-bond donors (Lipinski definition) is 1. The Bertz CT molecular complexity index is 471. The van der Waals surface area contributed by atoms with Crippen LogP contribution in [0.15, 0.2) is 54.6 Å². The van der Waals surface area contributed by atoms with Crippen LogP contribution in [0.4, 0.5) is 5.69 Å². The van der Waals surface area contributed by atoms with Crippen LogP contribution in [-0.2, 0) is 0 Å². The maximum atomic E-state index is 3.52. The fourth-order valence-electron chi connectivity index (χ4n) is 2.04. The molecule has 0 aliphatic carbocycles. The maximum absolute atomic E-state index is 3.52. The molecule has 2 aromatic carbocycles. The Kier molecular flexibility index (Phi) is 4.03. The summed E-state index contributed by atoms with van der Waals surface area (Å²) < 4.78 is 0. The van der Waals surface area contributed by atoms with Crippen LogP contribution in [0.5, 0.6) is 0 Å². The molecule has 1 heteroatoms.